The topological polar surface area (TPSA) is 50.6 Å². The van der Waals surface area contributed by atoms with Crippen molar-refractivity contribution >= 4 is 5.91 Å². The molecule has 1 aliphatic rings. The van der Waals surface area contributed by atoms with Gasteiger partial charge in [0.2, 0.25) is 5.91 Å². The molecule has 1 amide bonds. The van der Waals surface area contributed by atoms with Crippen molar-refractivity contribution in [1.82, 2.24) is 19.4 Å². The van der Waals surface area contributed by atoms with Gasteiger partial charge in [-0.1, -0.05) is 30.3 Å². The quantitative estimate of drug-likeness (QED) is 0.728. The fourth-order valence-corrected chi connectivity index (χ4v) is 3.12. The maximum Gasteiger partial charge on any atom is 0.236 e. The van der Waals surface area contributed by atoms with E-state index in [1.807, 2.05) is 35.5 Å². The second-order valence-electron chi connectivity index (χ2n) is 6.36. The summed E-state index contributed by atoms with van der Waals surface area (Å²) >= 11 is 0. The smallest absolute Gasteiger partial charge is 0.236 e. The average molecular weight is 342 g/mol. The molecule has 6 nitrogen and oxygen atoms in total. The summed E-state index contributed by atoms with van der Waals surface area (Å²) in [4.78, 5) is 21.0. The van der Waals surface area contributed by atoms with Gasteiger partial charge in [-0.25, -0.2) is 4.98 Å². The van der Waals surface area contributed by atoms with Crippen molar-refractivity contribution in [2.75, 3.05) is 39.9 Å². The lowest BCUT2D eigenvalue weighted by molar-refractivity contribution is -0.136. The number of hydrogen-bond acceptors (Lipinski definition) is 4. The minimum atomic E-state index is 0.206. The molecule has 1 fully saturated rings. The van der Waals surface area contributed by atoms with E-state index in [4.69, 9.17) is 4.74 Å². The summed E-state index contributed by atoms with van der Waals surface area (Å²) in [5, 5.41) is 0. The van der Waals surface area contributed by atoms with Crippen molar-refractivity contribution in [3.05, 3.63) is 54.1 Å². The van der Waals surface area contributed by atoms with Crippen LogP contribution in [0.4, 0.5) is 0 Å². The predicted octanol–water partition coefficient (Wildman–Crippen LogP) is 1.42. The summed E-state index contributed by atoms with van der Waals surface area (Å²) in [7, 11) is 1.70. The number of benzene rings is 1. The first kappa shape index (κ1) is 17.6. The van der Waals surface area contributed by atoms with Gasteiger partial charge in [0, 0.05) is 45.7 Å². The molecule has 25 heavy (non-hydrogen) atoms. The number of carbonyl (C=O) groups is 1. The van der Waals surface area contributed by atoms with E-state index in [0.717, 1.165) is 38.4 Å². The molecule has 0 N–H and O–H groups in total. The maximum atomic E-state index is 12.4. The second-order valence-corrected chi connectivity index (χ2v) is 6.36. The van der Waals surface area contributed by atoms with Crippen LogP contribution in [0.25, 0.3) is 0 Å². The zero-order valence-corrected chi connectivity index (χ0v) is 14.8. The highest BCUT2D eigenvalue weighted by atomic mass is 16.5. The first-order valence-electron chi connectivity index (χ1n) is 8.79. The molecular weight excluding hydrogens is 316 g/mol. The molecule has 6 heteroatoms. The van der Waals surface area contributed by atoms with E-state index >= 15 is 0 Å². The second kappa shape index (κ2) is 8.78. The predicted molar refractivity (Wildman–Crippen MR) is 96.1 cm³/mol. The van der Waals surface area contributed by atoms with E-state index in [9.17, 15) is 4.79 Å². The van der Waals surface area contributed by atoms with Gasteiger partial charge in [0.05, 0.1) is 19.7 Å². The van der Waals surface area contributed by atoms with Crippen LogP contribution in [0.5, 0.6) is 0 Å². The number of imidazole rings is 1. The first-order valence-corrected chi connectivity index (χ1v) is 8.79. The summed E-state index contributed by atoms with van der Waals surface area (Å²) in [6, 6.07) is 10.3. The maximum absolute atomic E-state index is 12.4. The van der Waals surface area contributed by atoms with Gasteiger partial charge in [0.15, 0.2) is 0 Å². The highest BCUT2D eigenvalue weighted by Crippen LogP contribution is 2.10. The molecule has 0 aliphatic carbocycles. The molecule has 1 aromatic heterocycles. The van der Waals surface area contributed by atoms with E-state index in [1.165, 1.54) is 5.56 Å². The number of ether oxygens (including phenoxy) is 1. The summed E-state index contributed by atoms with van der Waals surface area (Å²) < 4.78 is 7.22. The van der Waals surface area contributed by atoms with Crippen LogP contribution in [0.3, 0.4) is 0 Å². The molecule has 2 heterocycles. The third kappa shape index (κ3) is 4.90. The van der Waals surface area contributed by atoms with Crippen molar-refractivity contribution in [2.24, 2.45) is 0 Å². The zero-order chi connectivity index (χ0) is 17.5. The Morgan fingerprint density at radius 2 is 2.00 bits per heavy atom. The number of piperazine rings is 1. The molecule has 0 spiro atoms. The van der Waals surface area contributed by atoms with Crippen molar-refractivity contribution < 1.29 is 9.53 Å². The van der Waals surface area contributed by atoms with E-state index in [2.05, 4.69) is 26.6 Å². The molecule has 0 unspecified atom stereocenters. The first-order chi connectivity index (χ1) is 12.3. The Morgan fingerprint density at radius 3 is 2.76 bits per heavy atom. The summed E-state index contributed by atoms with van der Waals surface area (Å²) in [6.45, 7) is 5.08. The highest BCUT2D eigenvalue weighted by molar-refractivity contribution is 5.79. The van der Waals surface area contributed by atoms with Gasteiger partial charge >= 0.3 is 0 Å². The van der Waals surface area contributed by atoms with Crippen LogP contribution in [-0.4, -0.2) is 65.2 Å². The Morgan fingerprint density at radius 1 is 1.16 bits per heavy atom. The fraction of sp³-hybridized carbons (Fsp3) is 0.474. The SMILES string of the molecule is COCCn1ccnc1CN1CCN(CCc2ccccc2)C(=O)C1. The van der Waals surface area contributed by atoms with Crippen molar-refractivity contribution in [3.8, 4) is 0 Å². The zero-order valence-electron chi connectivity index (χ0n) is 14.8. The van der Waals surface area contributed by atoms with Crippen LogP contribution < -0.4 is 0 Å². The number of carbonyl (C=O) groups excluding carboxylic acids is 1. The number of rotatable bonds is 8. The summed E-state index contributed by atoms with van der Waals surface area (Å²) in [5.41, 5.74) is 1.28. The normalized spacial score (nSPS) is 15.7. The Labute approximate surface area is 149 Å². The number of amides is 1. The monoisotopic (exact) mass is 342 g/mol. The molecule has 0 bridgehead atoms. The largest absolute Gasteiger partial charge is 0.383 e. The van der Waals surface area contributed by atoms with Crippen LogP contribution in [-0.2, 0) is 29.0 Å². The lowest BCUT2D eigenvalue weighted by Gasteiger charge is -2.34. The van der Waals surface area contributed by atoms with Gasteiger partial charge in [0.25, 0.3) is 0 Å². The van der Waals surface area contributed by atoms with Gasteiger partial charge in [-0.05, 0) is 12.0 Å². The van der Waals surface area contributed by atoms with Crippen LogP contribution in [0.2, 0.25) is 0 Å². The summed E-state index contributed by atoms with van der Waals surface area (Å²) in [5.74, 6) is 1.19. The lowest BCUT2D eigenvalue weighted by Crippen LogP contribution is -2.50. The van der Waals surface area contributed by atoms with Crippen LogP contribution in [0.15, 0.2) is 42.7 Å². The standard InChI is InChI=1S/C19H26N4O2/c1-25-14-13-22-10-8-20-18(22)15-21-11-12-23(19(24)16-21)9-7-17-5-3-2-4-6-17/h2-6,8,10H,7,9,11-16H2,1H3. The van der Waals surface area contributed by atoms with Gasteiger partial charge in [-0.15, -0.1) is 0 Å². The number of hydrogen-bond donors (Lipinski definition) is 0. The third-order valence-corrected chi connectivity index (χ3v) is 4.61. The highest BCUT2D eigenvalue weighted by Gasteiger charge is 2.24. The molecule has 1 aromatic carbocycles. The van der Waals surface area contributed by atoms with Crippen molar-refractivity contribution in [2.45, 2.75) is 19.5 Å². The molecule has 2 aromatic rings. The molecule has 0 radical (unpaired) electrons. The molecular formula is C19H26N4O2. The Balaban J connectivity index is 1.48. The number of nitrogens with zero attached hydrogens (tertiary/aromatic N) is 4. The van der Waals surface area contributed by atoms with Gasteiger partial charge < -0.3 is 14.2 Å². The van der Waals surface area contributed by atoms with Crippen LogP contribution >= 0.6 is 0 Å². The van der Waals surface area contributed by atoms with E-state index < -0.39 is 0 Å². The molecule has 1 saturated heterocycles. The molecule has 134 valence electrons. The van der Waals surface area contributed by atoms with Crippen LogP contribution in [0.1, 0.15) is 11.4 Å². The minimum Gasteiger partial charge on any atom is -0.383 e. The fourth-order valence-electron chi connectivity index (χ4n) is 3.12. The van der Waals surface area contributed by atoms with E-state index in [-0.39, 0.29) is 5.91 Å². The van der Waals surface area contributed by atoms with Crippen LogP contribution in [0, 0.1) is 0 Å². The Bertz CT molecular complexity index is 671. The van der Waals surface area contributed by atoms with Gasteiger partial charge in [-0.3, -0.25) is 9.69 Å². The third-order valence-electron chi connectivity index (χ3n) is 4.61. The lowest BCUT2D eigenvalue weighted by atomic mass is 10.1. The van der Waals surface area contributed by atoms with Crippen molar-refractivity contribution in [1.29, 1.82) is 0 Å². The minimum absolute atomic E-state index is 0.206. The van der Waals surface area contributed by atoms with Gasteiger partial charge in [0.1, 0.15) is 5.82 Å². The molecule has 0 atom stereocenters. The number of aromatic nitrogens is 2. The van der Waals surface area contributed by atoms with E-state index in [1.54, 1.807) is 7.11 Å². The summed E-state index contributed by atoms with van der Waals surface area (Å²) in [6.07, 6.45) is 4.68. The Kier molecular flexibility index (Phi) is 6.19. The molecule has 1 aliphatic heterocycles. The van der Waals surface area contributed by atoms with Crippen molar-refractivity contribution in [3.63, 3.8) is 0 Å². The van der Waals surface area contributed by atoms with Gasteiger partial charge in [-0.2, -0.15) is 0 Å². The number of methoxy groups -OCH3 is 1. The molecule has 3 rings (SSSR count). The van der Waals surface area contributed by atoms with E-state index in [0.29, 0.717) is 19.7 Å². The average Bonchev–Trinajstić information content (AvgIpc) is 3.07. The molecule has 0 saturated carbocycles. The Hall–Kier alpha value is -2.18.